The van der Waals surface area contributed by atoms with Gasteiger partial charge in [-0.15, -0.1) is 0 Å². The molecule has 1 fully saturated rings. The highest BCUT2D eigenvalue weighted by Crippen LogP contribution is 2.27. The predicted octanol–water partition coefficient (Wildman–Crippen LogP) is 2.64. The lowest BCUT2D eigenvalue weighted by Gasteiger charge is -2.36. The van der Waals surface area contributed by atoms with Gasteiger partial charge in [0.25, 0.3) is 0 Å². The Morgan fingerprint density at radius 1 is 1.27 bits per heavy atom. The van der Waals surface area contributed by atoms with Crippen molar-refractivity contribution in [2.45, 2.75) is 40.0 Å². The first-order valence-corrected chi connectivity index (χ1v) is 9.62. The molecule has 0 saturated carbocycles. The van der Waals surface area contributed by atoms with Gasteiger partial charge in [-0.3, -0.25) is 9.59 Å². The first-order valence-electron chi connectivity index (χ1n) is 9.62. The Morgan fingerprint density at radius 3 is 2.81 bits per heavy atom. The number of ether oxygens (including phenoxy) is 1. The van der Waals surface area contributed by atoms with E-state index in [1.807, 2.05) is 43.9 Å². The van der Waals surface area contributed by atoms with E-state index in [9.17, 15) is 9.59 Å². The molecule has 0 bridgehead atoms. The fourth-order valence-corrected chi connectivity index (χ4v) is 3.76. The summed E-state index contributed by atoms with van der Waals surface area (Å²) in [5.74, 6) is 1.35. The molecule has 2 heterocycles. The molecule has 1 aromatic carbocycles. The first kappa shape index (κ1) is 18.7. The second kappa shape index (κ2) is 7.68. The molecule has 2 amide bonds. The second-order valence-electron chi connectivity index (χ2n) is 8.57. The van der Waals surface area contributed by atoms with Crippen LogP contribution in [0.5, 0.6) is 5.75 Å². The van der Waals surface area contributed by atoms with Crippen LogP contribution in [0.3, 0.4) is 0 Å². The molecular weight excluding hydrogens is 328 g/mol. The lowest BCUT2D eigenvalue weighted by Crippen LogP contribution is -2.49. The van der Waals surface area contributed by atoms with E-state index >= 15 is 0 Å². The van der Waals surface area contributed by atoms with E-state index in [4.69, 9.17) is 4.74 Å². The van der Waals surface area contributed by atoms with Crippen molar-refractivity contribution in [3.63, 3.8) is 0 Å². The largest absolute Gasteiger partial charge is 0.493 e. The lowest BCUT2D eigenvalue weighted by atomic mass is 9.90. The molecule has 2 unspecified atom stereocenters. The molecule has 5 nitrogen and oxygen atoms in total. The van der Waals surface area contributed by atoms with Gasteiger partial charge in [-0.2, -0.15) is 0 Å². The van der Waals surface area contributed by atoms with Gasteiger partial charge in [-0.05, 0) is 30.9 Å². The molecule has 3 rings (SSSR count). The van der Waals surface area contributed by atoms with E-state index in [0.717, 1.165) is 31.6 Å². The monoisotopic (exact) mass is 358 g/mol. The molecule has 0 aliphatic carbocycles. The Hall–Kier alpha value is -2.04. The highest BCUT2D eigenvalue weighted by atomic mass is 16.5. The zero-order chi connectivity index (χ0) is 18.7. The third kappa shape index (κ3) is 4.37. The number of carbonyl (C=O) groups excluding carboxylic acids is 2. The molecule has 1 N–H and O–H groups in total. The van der Waals surface area contributed by atoms with Crippen LogP contribution in [-0.4, -0.2) is 43.0 Å². The van der Waals surface area contributed by atoms with E-state index in [-0.39, 0.29) is 17.7 Å². The van der Waals surface area contributed by atoms with Gasteiger partial charge in [-0.1, -0.05) is 39.0 Å². The number of likely N-dealkylation sites (tertiary alicyclic amines) is 1. The van der Waals surface area contributed by atoms with E-state index in [2.05, 4.69) is 11.4 Å². The van der Waals surface area contributed by atoms with Crippen molar-refractivity contribution in [3.05, 3.63) is 29.8 Å². The first-order chi connectivity index (χ1) is 12.3. The highest BCUT2D eigenvalue weighted by molar-refractivity contribution is 5.83. The van der Waals surface area contributed by atoms with E-state index in [0.29, 0.717) is 25.6 Å². The topological polar surface area (TPSA) is 58.6 Å². The Morgan fingerprint density at radius 2 is 2.04 bits per heavy atom. The average Bonchev–Trinajstić information content (AvgIpc) is 2.64. The fourth-order valence-electron chi connectivity index (χ4n) is 3.76. The number of nitrogens with one attached hydrogen (secondary N) is 1. The van der Waals surface area contributed by atoms with Crippen molar-refractivity contribution in [1.29, 1.82) is 0 Å². The van der Waals surface area contributed by atoms with Crippen LogP contribution < -0.4 is 10.1 Å². The zero-order valence-corrected chi connectivity index (χ0v) is 16.1. The van der Waals surface area contributed by atoms with Crippen molar-refractivity contribution < 1.29 is 14.3 Å². The number of amides is 2. The number of nitrogens with zero attached hydrogens (tertiary/aromatic N) is 1. The van der Waals surface area contributed by atoms with Crippen molar-refractivity contribution in [3.8, 4) is 5.75 Å². The quantitative estimate of drug-likeness (QED) is 0.904. The van der Waals surface area contributed by atoms with Crippen molar-refractivity contribution >= 4 is 11.8 Å². The highest BCUT2D eigenvalue weighted by Gasteiger charge is 2.33. The number of benzene rings is 1. The second-order valence-corrected chi connectivity index (χ2v) is 8.57. The van der Waals surface area contributed by atoms with Crippen LogP contribution >= 0.6 is 0 Å². The third-order valence-corrected chi connectivity index (χ3v) is 5.24. The smallest absolute Gasteiger partial charge is 0.227 e. The lowest BCUT2D eigenvalue weighted by molar-refractivity contribution is -0.142. The number of carbonyl (C=O) groups is 2. The minimum atomic E-state index is -0.398. The molecule has 142 valence electrons. The summed E-state index contributed by atoms with van der Waals surface area (Å²) in [6.45, 7) is 8.34. The normalized spacial score (nSPS) is 23.0. The maximum atomic E-state index is 12.6. The molecule has 0 spiro atoms. The fraction of sp³-hybridized carbons (Fsp3) is 0.619. The zero-order valence-electron chi connectivity index (χ0n) is 16.1. The van der Waals surface area contributed by atoms with Crippen LogP contribution in [0.2, 0.25) is 0 Å². The van der Waals surface area contributed by atoms with Crippen LogP contribution in [-0.2, 0) is 16.0 Å². The van der Waals surface area contributed by atoms with Gasteiger partial charge >= 0.3 is 0 Å². The maximum absolute atomic E-state index is 12.6. The van der Waals surface area contributed by atoms with Gasteiger partial charge in [0.2, 0.25) is 11.8 Å². The number of hydrogen-bond acceptors (Lipinski definition) is 3. The number of hydrogen-bond donors (Lipinski definition) is 1. The SMILES string of the molecule is CC(C)(C)C(=O)N1CCCC(C(=O)NCC2COc3ccccc3C2)C1. The minimum absolute atomic E-state index is 0.0651. The van der Waals surface area contributed by atoms with Gasteiger partial charge < -0.3 is 15.0 Å². The summed E-state index contributed by atoms with van der Waals surface area (Å²) in [5, 5.41) is 3.09. The molecule has 2 aliphatic heterocycles. The summed E-state index contributed by atoms with van der Waals surface area (Å²) in [4.78, 5) is 27.0. The average molecular weight is 358 g/mol. The van der Waals surface area contributed by atoms with Gasteiger partial charge in [0.1, 0.15) is 5.75 Å². The van der Waals surface area contributed by atoms with Crippen molar-refractivity contribution in [1.82, 2.24) is 10.2 Å². The summed E-state index contributed by atoms with van der Waals surface area (Å²) in [7, 11) is 0. The molecular formula is C21H30N2O3. The maximum Gasteiger partial charge on any atom is 0.227 e. The van der Waals surface area contributed by atoms with Crippen LogP contribution in [0.4, 0.5) is 0 Å². The van der Waals surface area contributed by atoms with E-state index < -0.39 is 5.41 Å². The van der Waals surface area contributed by atoms with Gasteiger partial charge in [0, 0.05) is 31.0 Å². The Balaban J connectivity index is 1.50. The Labute approximate surface area is 156 Å². The molecule has 5 heteroatoms. The Bertz CT molecular complexity index is 665. The molecule has 0 aromatic heterocycles. The summed E-state index contributed by atoms with van der Waals surface area (Å²) >= 11 is 0. The van der Waals surface area contributed by atoms with Crippen LogP contribution in [0.1, 0.15) is 39.2 Å². The molecule has 1 saturated heterocycles. The number of rotatable bonds is 3. The van der Waals surface area contributed by atoms with Gasteiger partial charge in [0.15, 0.2) is 0 Å². The van der Waals surface area contributed by atoms with Crippen LogP contribution in [0.25, 0.3) is 0 Å². The molecule has 26 heavy (non-hydrogen) atoms. The van der Waals surface area contributed by atoms with E-state index in [1.54, 1.807) is 0 Å². The van der Waals surface area contributed by atoms with Crippen LogP contribution in [0, 0.1) is 17.3 Å². The summed E-state index contributed by atoms with van der Waals surface area (Å²) < 4.78 is 5.80. The predicted molar refractivity (Wildman–Crippen MR) is 101 cm³/mol. The van der Waals surface area contributed by atoms with Gasteiger partial charge in [0.05, 0.1) is 12.5 Å². The summed E-state index contributed by atoms with van der Waals surface area (Å²) in [5.41, 5.74) is 0.808. The number of fused-ring (bicyclic) bond motifs is 1. The number of para-hydroxylation sites is 1. The van der Waals surface area contributed by atoms with E-state index in [1.165, 1.54) is 5.56 Å². The van der Waals surface area contributed by atoms with Gasteiger partial charge in [-0.25, -0.2) is 0 Å². The molecule has 1 aromatic rings. The summed E-state index contributed by atoms with van der Waals surface area (Å²) in [6, 6.07) is 8.08. The standard InChI is InChI=1S/C21H30N2O3/c1-21(2,3)20(25)23-10-6-8-17(13-23)19(24)22-12-15-11-16-7-4-5-9-18(16)26-14-15/h4-5,7,9,15,17H,6,8,10-14H2,1-3H3,(H,22,24). The van der Waals surface area contributed by atoms with Crippen molar-refractivity contribution in [2.24, 2.45) is 17.3 Å². The van der Waals surface area contributed by atoms with Crippen molar-refractivity contribution in [2.75, 3.05) is 26.2 Å². The third-order valence-electron chi connectivity index (χ3n) is 5.24. The Kier molecular flexibility index (Phi) is 5.54. The minimum Gasteiger partial charge on any atom is -0.493 e. The molecule has 2 aliphatic rings. The summed E-state index contributed by atoms with van der Waals surface area (Å²) in [6.07, 6.45) is 2.67. The molecule has 2 atom stereocenters. The molecule has 0 radical (unpaired) electrons. The van der Waals surface area contributed by atoms with Crippen LogP contribution in [0.15, 0.2) is 24.3 Å². The number of piperidine rings is 1.